The highest BCUT2D eigenvalue weighted by Crippen LogP contribution is 2.27. The molecule has 0 bridgehead atoms. The minimum atomic E-state index is -0.249. The summed E-state index contributed by atoms with van der Waals surface area (Å²) >= 11 is 0. The molecule has 0 fully saturated rings. The van der Waals surface area contributed by atoms with Crippen LogP contribution in [0.2, 0.25) is 0 Å². The second-order valence-corrected chi connectivity index (χ2v) is 5.32. The van der Waals surface area contributed by atoms with Gasteiger partial charge in [-0.1, -0.05) is 24.6 Å². The number of methoxy groups -OCH3 is 1. The number of carbonyl (C=O) groups is 1. The molecule has 0 spiro atoms. The quantitative estimate of drug-likeness (QED) is 0.625. The third kappa shape index (κ3) is 4.84. The number of hydrogen-bond acceptors (Lipinski definition) is 4. The summed E-state index contributed by atoms with van der Waals surface area (Å²) < 4.78 is 10.9. The van der Waals surface area contributed by atoms with Crippen molar-refractivity contribution in [2.75, 3.05) is 13.7 Å². The first-order valence-corrected chi connectivity index (χ1v) is 7.85. The van der Waals surface area contributed by atoms with Crippen LogP contribution in [-0.2, 0) is 0 Å². The number of ether oxygens (including phenoxy) is 2. The number of aryl methyl sites for hydroxylation is 1. The molecule has 2 rings (SSSR count). The Morgan fingerprint density at radius 3 is 2.58 bits per heavy atom. The van der Waals surface area contributed by atoms with Crippen molar-refractivity contribution in [3.05, 3.63) is 59.2 Å². The van der Waals surface area contributed by atoms with Crippen LogP contribution in [0.1, 0.15) is 34.8 Å². The minimum absolute atomic E-state index is 0.249. The van der Waals surface area contributed by atoms with Crippen molar-refractivity contribution < 1.29 is 14.3 Å². The van der Waals surface area contributed by atoms with E-state index in [1.54, 1.807) is 25.5 Å². The van der Waals surface area contributed by atoms with Crippen LogP contribution in [0.4, 0.5) is 0 Å². The van der Waals surface area contributed by atoms with Crippen LogP contribution in [0.25, 0.3) is 0 Å². The molecule has 0 saturated heterocycles. The van der Waals surface area contributed by atoms with Gasteiger partial charge >= 0.3 is 0 Å². The van der Waals surface area contributed by atoms with Crippen molar-refractivity contribution in [3.63, 3.8) is 0 Å². The lowest BCUT2D eigenvalue weighted by atomic mass is 10.1. The maximum atomic E-state index is 12.0. The molecule has 0 aliphatic carbocycles. The van der Waals surface area contributed by atoms with Gasteiger partial charge in [-0.3, -0.25) is 4.79 Å². The van der Waals surface area contributed by atoms with E-state index in [0.717, 1.165) is 17.5 Å². The van der Waals surface area contributed by atoms with Gasteiger partial charge in [-0.25, -0.2) is 5.43 Å². The Morgan fingerprint density at radius 1 is 1.17 bits per heavy atom. The van der Waals surface area contributed by atoms with E-state index < -0.39 is 0 Å². The van der Waals surface area contributed by atoms with Crippen LogP contribution < -0.4 is 14.9 Å². The summed E-state index contributed by atoms with van der Waals surface area (Å²) in [5.74, 6) is 1.08. The first-order valence-electron chi connectivity index (χ1n) is 7.85. The Bertz CT molecular complexity index is 709. The van der Waals surface area contributed by atoms with Crippen molar-refractivity contribution in [1.29, 1.82) is 0 Å². The molecule has 126 valence electrons. The zero-order valence-corrected chi connectivity index (χ0v) is 14.2. The number of nitrogens with one attached hydrogen (secondary N) is 1. The molecule has 0 saturated carbocycles. The smallest absolute Gasteiger partial charge is 0.271 e. The molecular weight excluding hydrogens is 304 g/mol. The van der Waals surface area contributed by atoms with Gasteiger partial charge in [0.15, 0.2) is 11.5 Å². The second kappa shape index (κ2) is 8.72. The Labute approximate surface area is 142 Å². The average molecular weight is 326 g/mol. The number of amides is 1. The Balaban J connectivity index is 2.00. The van der Waals surface area contributed by atoms with E-state index in [1.165, 1.54) is 0 Å². The lowest BCUT2D eigenvalue weighted by Gasteiger charge is -2.10. The molecule has 1 amide bonds. The number of rotatable bonds is 7. The van der Waals surface area contributed by atoms with E-state index in [4.69, 9.17) is 9.47 Å². The molecule has 0 radical (unpaired) electrons. The van der Waals surface area contributed by atoms with E-state index in [0.29, 0.717) is 23.7 Å². The van der Waals surface area contributed by atoms with Crippen LogP contribution in [0.15, 0.2) is 47.6 Å². The number of hydrazone groups is 1. The number of benzene rings is 2. The predicted molar refractivity (Wildman–Crippen MR) is 95.0 cm³/mol. The molecule has 0 aromatic heterocycles. The summed E-state index contributed by atoms with van der Waals surface area (Å²) in [6, 6.07) is 12.8. The highest BCUT2D eigenvalue weighted by molar-refractivity contribution is 5.94. The van der Waals surface area contributed by atoms with Crippen molar-refractivity contribution in [2.24, 2.45) is 5.10 Å². The SMILES string of the molecule is CCCOc1ccc(/C=N\NC(=O)c2ccc(C)cc2)cc1OC. The summed E-state index contributed by atoms with van der Waals surface area (Å²) in [6.45, 7) is 4.65. The molecule has 5 heteroatoms. The van der Waals surface area contributed by atoms with E-state index in [1.807, 2.05) is 44.2 Å². The van der Waals surface area contributed by atoms with Crippen molar-refractivity contribution in [3.8, 4) is 11.5 Å². The van der Waals surface area contributed by atoms with Gasteiger partial charge in [0.2, 0.25) is 0 Å². The van der Waals surface area contributed by atoms with Crippen LogP contribution in [0, 0.1) is 6.92 Å². The molecule has 0 heterocycles. The fourth-order valence-corrected chi connectivity index (χ4v) is 2.03. The maximum Gasteiger partial charge on any atom is 0.271 e. The van der Waals surface area contributed by atoms with Gasteiger partial charge in [-0.2, -0.15) is 5.10 Å². The largest absolute Gasteiger partial charge is 0.493 e. The Kier molecular flexibility index (Phi) is 6.37. The summed E-state index contributed by atoms with van der Waals surface area (Å²) in [4.78, 5) is 12.0. The highest BCUT2D eigenvalue weighted by atomic mass is 16.5. The summed E-state index contributed by atoms with van der Waals surface area (Å²) in [5.41, 5.74) is 4.99. The molecule has 0 atom stereocenters. The standard InChI is InChI=1S/C19H22N2O3/c1-4-11-24-17-10-7-15(12-18(17)23-3)13-20-21-19(22)16-8-5-14(2)6-9-16/h5-10,12-13H,4,11H2,1-3H3,(H,21,22)/b20-13-. The van der Waals surface area contributed by atoms with Gasteiger partial charge in [-0.05, 0) is 49.2 Å². The molecule has 0 aliphatic heterocycles. The Hall–Kier alpha value is -2.82. The van der Waals surface area contributed by atoms with Gasteiger partial charge in [-0.15, -0.1) is 0 Å². The summed E-state index contributed by atoms with van der Waals surface area (Å²) in [6.07, 6.45) is 2.50. The fourth-order valence-electron chi connectivity index (χ4n) is 2.03. The second-order valence-electron chi connectivity index (χ2n) is 5.32. The number of nitrogens with zero attached hydrogens (tertiary/aromatic N) is 1. The van der Waals surface area contributed by atoms with Crippen molar-refractivity contribution >= 4 is 12.1 Å². The van der Waals surface area contributed by atoms with Crippen LogP contribution in [0.3, 0.4) is 0 Å². The lowest BCUT2D eigenvalue weighted by molar-refractivity contribution is 0.0955. The predicted octanol–water partition coefficient (Wildman–Crippen LogP) is 3.56. The first kappa shape index (κ1) is 17.5. The zero-order chi connectivity index (χ0) is 17.4. The van der Waals surface area contributed by atoms with E-state index in [-0.39, 0.29) is 5.91 Å². The molecule has 0 aliphatic rings. The van der Waals surface area contributed by atoms with Crippen LogP contribution >= 0.6 is 0 Å². The van der Waals surface area contributed by atoms with Gasteiger partial charge in [0.1, 0.15) is 0 Å². The number of carbonyl (C=O) groups excluding carboxylic acids is 1. The van der Waals surface area contributed by atoms with E-state index >= 15 is 0 Å². The maximum absolute atomic E-state index is 12.0. The normalized spacial score (nSPS) is 10.6. The van der Waals surface area contributed by atoms with Crippen molar-refractivity contribution in [2.45, 2.75) is 20.3 Å². The van der Waals surface area contributed by atoms with Crippen LogP contribution in [0.5, 0.6) is 11.5 Å². The monoisotopic (exact) mass is 326 g/mol. The zero-order valence-electron chi connectivity index (χ0n) is 14.2. The molecule has 5 nitrogen and oxygen atoms in total. The first-order chi connectivity index (χ1) is 11.6. The lowest BCUT2D eigenvalue weighted by Crippen LogP contribution is -2.17. The fraction of sp³-hybridized carbons (Fsp3) is 0.263. The van der Waals surface area contributed by atoms with Gasteiger partial charge in [0.05, 0.1) is 19.9 Å². The average Bonchev–Trinajstić information content (AvgIpc) is 2.60. The van der Waals surface area contributed by atoms with Crippen LogP contribution in [-0.4, -0.2) is 25.8 Å². The highest BCUT2D eigenvalue weighted by Gasteiger charge is 2.05. The molecule has 24 heavy (non-hydrogen) atoms. The molecule has 1 N–H and O–H groups in total. The van der Waals surface area contributed by atoms with Gasteiger partial charge in [0.25, 0.3) is 5.91 Å². The number of hydrogen-bond donors (Lipinski definition) is 1. The molecule has 2 aromatic carbocycles. The molecule has 2 aromatic rings. The summed E-state index contributed by atoms with van der Waals surface area (Å²) in [7, 11) is 1.59. The third-order valence-corrected chi connectivity index (χ3v) is 3.34. The molecule has 0 unspecified atom stereocenters. The minimum Gasteiger partial charge on any atom is -0.493 e. The summed E-state index contributed by atoms with van der Waals surface area (Å²) in [5, 5.41) is 3.99. The molecular formula is C19H22N2O3. The third-order valence-electron chi connectivity index (χ3n) is 3.34. The van der Waals surface area contributed by atoms with E-state index in [2.05, 4.69) is 10.5 Å². The Morgan fingerprint density at radius 2 is 1.92 bits per heavy atom. The van der Waals surface area contributed by atoms with Gasteiger partial charge in [0, 0.05) is 5.56 Å². The topological polar surface area (TPSA) is 59.9 Å². The van der Waals surface area contributed by atoms with Gasteiger partial charge < -0.3 is 9.47 Å². The van der Waals surface area contributed by atoms with Crippen molar-refractivity contribution in [1.82, 2.24) is 5.43 Å². The van der Waals surface area contributed by atoms with E-state index in [9.17, 15) is 4.79 Å².